The minimum Gasteiger partial charge on any atom is -0.309 e. The van der Waals surface area contributed by atoms with Gasteiger partial charge >= 0.3 is 6.18 Å². The van der Waals surface area contributed by atoms with Gasteiger partial charge in [0.1, 0.15) is 0 Å². The predicted octanol–water partition coefficient (Wildman–Crippen LogP) is 4.62. The smallest absolute Gasteiger partial charge is 0.309 e. The third kappa shape index (κ3) is 4.43. The van der Waals surface area contributed by atoms with Crippen molar-refractivity contribution in [1.82, 2.24) is 10.3 Å². The van der Waals surface area contributed by atoms with Gasteiger partial charge in [-0.2, -0.15) is 13.2 Å². The van der Waals surface area contributed by atoms with Gasteiger partial charge in [0.05, 0.1) is 11.7 Å². The maximum atomic E-state index is 12.3. The van der Waals surface area contributed by atoms with E-state index in [1.54, 1.807) is 6.20 Å². The molecular weight excluding hydrogens is 277 g/mol. The third-order valence-corrected chi connectivity index (χ3v) is 3.44. The van der Waals surface area contributed by atoms with Gasteiger partial charge in [-0.1, -0.05) is 31.2 Å². The summed E-state index contributed by atoms with van der Waals surface area (Å²) in [5.74, 6) is 0. The van der Waals surface area contributed by atoms with Gasteiger partial charge in [-0.25, -0.2) is 0 Å². The van der Waals surface area contributed by atoms with Gasteiger partial charge in [0.15, 0.2) is 0 Å². The van der Waals surface area contributed by atoms with Crippen LogP contribution < -0.4 is 5.32 Å². The Bertz CT molecular complexity index is 576. The lowest BCUT2D eigenvalue weighted by molar-refractivity contribution is -0.135. The first kappa shape index (κ1) is 15.8. The third-order valence-electron chi connectivity index (χ3n) is 3.44. The number of hydrogen-bond acceptors (Lipinski definition) is 2. The fraction of sp³-hybridized carbons (Fsp3) is 0.438. The van der Waals surface area contributed by atoms with E-state index in [0.29, 0.717) is 13.0 Å². The summed E-state index contributed by atoms with van der Waals surface area (Å²) < 4.78 is 36.9. The van der Waals surface area contributed by atoms with Crippen molar-refractivity contribution in [3.63, 3.8) is 0 Å². The largest absolute Gasteiger partial charge is 0.389 e. The fourth-order valence-corrected chi connectivity index (χ4v) is 2.51. The molecule has 0 saturated carbocycles. The summed E-state index contributed by atoms with van der Waals surface area (Å²) in [7, 11) is 0. The molecule has 1 unspecified atom stereocenters. The second kappa shape index (κ2) is 6.89. The van der Waals surface area contributed by atoms with Crippen LogP contribution in [0.2, 0.25) is 0 Å². The molecule has 0 fully saturated rings. The van der Waals surface area contributed by atoms with Crippen LogP contribution in [0.5, 0.6) is 0 Å². The topological polar surface area (TPSA) is 24.9 Å². The zero-order valence-corrected chi connectivity index (χ0v) is 12.0. The molecule has 0 amide bonds. The molecule has 2 rings (SSSR count). The molecule has 2 aromatic rings. The highest BCUT2D eigenvalue weighted by molar-refractivity contribution is 5.84. The Labute approximate surface area is 122 Å². The van der Waals surface area contributed by atoms with Crippen molar-refractivity contribution in [2.75, 3.05) is 6.54 Å². The van der Waals surface area contributed by atoms with Crippen LogP contribution in [0.3, 0.4) is 0 Å². The normalized spacial score (nSPS) is 13.5. The number of pyridine rings is 1. The summed E-state index contributed by atoms with van der Waals surface area (Å²) in [6, 6.07) is 9.58. The Balaban J connectivity index is 2.20. The van der Waals surface area contributed by atoms with Crippen molar-refractivity contribution in [2.24, 2.45) is 0 Å². The number of aromatic nitrogens is 1. The zero-order chi connectivity index (χ0) is 15.3. The number of fused-ring (bicyclic) bond motifs is 1. The molecule has 5 heteroatoms. The van der Waals surface area contributed by atoms with Gasteiger partial charge in [0.25, 0.3) is 0 Å². The lowest BCUT2D eigenvalue weighted by atomic mass is 10.0. The van der Waals surface area contributed by atoms with Crippen molar-refractivity contribution in [3.8, 4) is 0 Å². The van der Waals surface area contributed by atoms with Gasteiger partial charge in [0.2, 0.25) is 0 Å². The van der Waals surface area contributed by atoms with Gasteiger partial charge in [-0.05, 0) is 30.8 Å². The van der Waals surface area contributed by atoms with Crippen LogP contribution in [0, 0.1) is 0 Å². The average molecular weight is 296 g/mol. The average Bonchev–Trinajstić information content (AvgIpc) is 2.44. The van der Waals surface area contributed by atoms with Gasteiger partial charge in [0, 0.05) is 18.0 Å². The highest BCUT2D eigenvalue weighted by Gasteiger charge is 2.27. The molecule has 1 aromatic carbocycles. The molecule has 0 aliphatic heterocycles. The summed E-state index contributed by atoms with van der Waals surface area (Å²) >= 11 is 0. The van der Waals surface area contributed by atoms with E-state index in [4.69, 9.17) is 0 Å². The van der Waals surface area contributed by atoms with Crippen molar-refractivity contribution in [2.45, 2.75) is 38.4 Å². The second-order valence-electron chi connectivity index (χ2n) is 5.03. The first-order valence-corrected chi connectivity index (χ1v) is 7.15. The van der Waals surface area contributed by atoms with E-state index in [-0.39, 0.29) is 12.5 Å². The molecular formula is C16H19F3N2. The molecule has 0 bridgehead atoms. The first-order chi connectivity index (χ1) is 10.0. The van der Waals surface area contributed by atoms with E-state index < -0.39 is 12.6 Å². The van der Waals surface area contributed by atoms with E-state index >= 15 is 0 Å². The summed E-state index contributed by atoms with van der Waals surface area (Å²) in [4.78, 5) is 4.40. The van der Waals surface area contributed by atoms with Crippen LogP contribution in [0.1, 0.15) is 37.9 Å². The van der Waals surface area contributed by atoms with Crippen LogP contribution >= 0.6 is 0 Å². The molecule has 21 heavy (non-hydrogen) atoms. The minimum atomic E-state index is -4.09. The number of halogens is 3. The standard InChI is InChI=1S/C16H19F3N2/c1-2-20-14(8-5-10-16(17,18)19)15-13-7-4-3-6-12(13)9-11-21-15/h3-4,6-7,9,11,14,20H,2,5,8,10H2,1H3. The second-order valence-corrected chi connectivity index (χ2v) is 5.03. The van der Waals surface area contributed by atoms with Crippen LogP contribution in [0.25, 0.3) is 10.8 Å². The highest BCUT2D eigenvalue weighted by atomic mass is 19.4. The maximum Gasteiger partial charge on any atom is 0.389 e. The van der Waals surface area contributed by atoms with Crippen molar-refractivity contribution in [3.05, 3.63) is 42.2 Å². The summed E-state index contributed by atoms with van der Waals surface area (Å²) in [5.41, 5.74) is 0.831. The van der Waals surface area contributed by atoms with Crippen molar-refractivity contribution in [1.29, 1.82) is 0 Å². The molecule has 1 N–H and O–H groups in total. The molecule has 1 heterocycles. The monoisotopic (exact) mass is 296 g/mol. The molecule has 0 saturated heterocycles. The lowest BCUT2D eigenvalue weighted by Crippen LogP contribution is -2.22. The molecule has 0 radical (unpaired) electrons. The van der Waals surface area contributed by atoms with Crippen molar-refractivity contribution < 1.29 is 13.2 Å². The van der Waals surface area contributed by atoms with Crippen LogP contribution in [-0.4, -0.2) is 17.7 Å². The number of benzene rings is 1. The zero-order valence-electron chi connectivity index (χ0n) is 12.0. The Morgan fingerprint density at radius 1 is 1.19 bits per heavy atom. The van der Waals surface area contributed by atoms with Gasteiger partial charge in [-0.3, -0.25) is 4.98 Å². The van der Waals surface area contributed by atoms with E-state index in [0.717, 1.165) is 16.5 Å². The Morgan fingerprint density at radius 3 is 2.67 bits per heavy atom. The number of nitrogens with one attached hydrogen (secondary N) is 1. The fourth-order valence-electron chi connectivity index (χ4n) is 2.51. The number of alkyl halides is 3. The van der Waals surface area contributed by atoms with Crippen LogP contribution in [0.15, 0.2) is 36.5 Å². The van der Waals surface area contributed by atoms with E-state index in [1.807, 2.05) is 37.3 Å². The molecule has 0 aliphatic rings. The summed E-state index contributed by atoms with van der Waals surface area (Å²) in [5, 5.41) is 5.30. The summed E-state index contributed by atoms with van der Waals surface area (Å²) in [6.07, 6.45) is -2.60. The van der Waals surface area contributed by atoms with Gasteiger partial charge in [-0.15, -0.1) is 0 Å². The van der Waals surface area contributed by atoms with Crippen LogP contribution in [-0.2, 0) is 0 Å². The number of nitrogens with zero attached hydrogens (tertiary/aromatic N) is 1. The van der Waals surface area contributed by atoms with Gasteiger partial charge < -0.3 is 5.32 Å². The Kier molecular flexibility index (Phi) is 5.17. The predicted molar refractivity (Wildman–Crippen MR) is 78.1 cm³/mol. The number of rotatable bonds is 6. The van der Waals surface area contributed by atoms with E-state index in [2.05, 4.69) is 10.3 Å². The van der Waals surface area contributed by atoms with E-state index in [9.17, 15) is 13.2 Å². The maximum absolute atomic E-state index is 12.3. The molecule has 0 aliphatic carbocycles. The van der Waals surface area contributed by atoms with Crippen LogP contribution in [0.4, 0.5) is 13.2 Å². The lowest BCUT2D eigenvalue weighted by Gasteiger charge is -2.19. The Hall–Kier alpha value is -1.62. The summed E-state index contributed by atoms with van der Waals surface area (Å²) in [6.45, 7) is 2.64. The number of hydrogen-bond donors (Lipinski definition) is 1. The Morgan fingerprint density at radius 2 is 1.95 bits per heavy atom. The van der Waals surface area contributed by atoms with Crippen molar-refractivity contribution >= 4 is 10.8 Å². The van der Waals surface area contributed by atoms with E-state index in [1.165, 1.54) is 0 Å². The highest BCUT2D eigenvalue weighted by Crippen LogP contribution is 2.28. The minimum absolute atomic E-state index is 0.103. The SMILES string of the molecule is CCNC(CCCC(F)(F)F)c1nccc2ccccc12. The molecule has 1 aromatic heterocycles. The first-order valence-electron chi connectivity index (χ1n) is 7.15. The molecule has 2 nitrogen and oxygen atoms in total. The molecule has 114 valence electrons. The molecule has 0 spiro atoms. The molecule has 1 atom stereocenters. The quantitative estimate of drug-likeness (QED) is 0.841.